The Morgan fingerprint density at radius 2 is 2.07 bits per heavy atom. The van der Waals surface area contributed by atoms with E-state index in [1.807, 2.05) is 31.2 Å². The highest BCUT2D eigenvalue weighted by Crippen LogP contribution is 2.42. The van der Waals surface area contributed by atoms with Crippen LogP contribution in [0.1, 0.15) is 60.1 Å². The average Bonchev–Trinajstić information content (AvgIpc) is 2.74. The van der Waals surface area contributed by atoms with Gasteiger partial charge in [0.15, 0.2) is 0 Å². The second-order valence-corrected chi connectivity index (χ2v) is 9.27. The van der Waals surface area contributed by atoms with Crippen molar-refractivity contribution in [1.29, 1.82) is 0 Å². The Hall–Kier alpha value is -2.36. The van der Waals surface area contributed by atoms with Crippen LogP contribution in [0.15, 0.2) is 58.7 Å². The van der Waals surface area contributed by atoms with Gasteiger partial charge in [-0.05, 0) is 74.2 Å². The van der Waals surface area contributed by atoms with Gasteiger partial charge in [-0.1, -0.05) is 20.7 Å². The van der Waals surface area contributed by atoms with Crippen LogP contribution in [0.2, 0.25) is 0 Å². The summed E-state index contributed by atoms with van der Waals surface area (Å²) in [4.78, 5) is 21.3. The first-order valence-electron chi connectivity index (χ1n) is 10.2. The molecule has 5 nitrogen and oxygen atoms in total. The summed E-state index contributed by atoms with van der Waals surface area (Å²) in [5.41, 5.74) is 4.80. The molecule has 29 heavy (non-hydrogen) atoms. The molecule has 0 radical (unpaired) electrons. The van der Waals surface area contributed by atoms with Crippen LogP contribution in [0.3, 0.4) is 0 Å². The number of hydrogen-bond donors (Lipinski definition) is 2. The molecule has 2 aliphatic rings. The summed E-state index contributed by atoms with van der Waals surface area (Å²) in [7, 11) is 0.776. The molecule has 150 valence electrons. The third-order valence-electron chi connectivity index (χ3n) is 5.36. The van der Waals surface area contributed by atoms with Crippen molar-refractivity contribution in [2.24, 2.45) is 4.99 Å². The first kappa shape index (κ1) is 19.9. The van der Waals surface area contributed by atoms with Crippen molar-refractivity contribution >= 4 is 26.4 Å². The monoisotopic (exact) mass is 406 g/mol. The van der Waals surface area contributed by atoms with E-state index in [4.69, 9.17) is 4.99 Å². The maximum absolute atomic E-state index is 12.5. The Morgan fingerprint density at radius 3 is 2.93 bits per heavy atom. The van der Waals surface area contributed by atoms with Crippen LogP contribution in [-0.2, 0) is 0 Å². The third-order valence-corrected chi connectivity index (χ3v) is 6.87. The maximum Gasteiger partial charge on any atom is 0.257 e. The topological polar surface area (TPSA) is 66.4 Å². The molecule has 6 heteroatoms. The second kappa shape index (κ2) is 8.98. The van der Waals surface area contributed by atoms with Gasteiger partial charge < -0.3 is 5.32 Å². The van der Waals surface area contributed by atoms with Crippen molar-refractivity contribution in [2.75, 3.05) is 5.32 Å². The molecular weight excluding hydrogens is 379 g/mol. The number of carbonyl (C=O) groups is 1. The molecule has 2 heterocycles. The van der Waals surface area contributed by atoms with Crippen molar-refractivity contribution in [1.82, 2.24) is 10.3 Å². The van der Waals surface area contributed by atoms with Crippen LogP contribution < -0.4 is 10.6 Å². The minimum Gasteiger partial charge on any atom is -0.322 e. The van der Waals surface area contributed by atoms with Crippen LogP contribution in [0, 0.1) is 6.92 Å². The summed E-state index contributed by atoms with van der Waals surface area (Å²) in [5, 5.41) is 8.23. The van der Waals surface area contributed by atoms with Crippen LogP contribution in [0.25, 0.3) is 0 Å². The van der Waals surface area contributed by atoms with Gasteiger partial charge in [0.2, 0.25) is 0 Å². The first-order chi connectivity index (χ1) is 14.1. The molecule has 2 N–H and O–H groups in total. The zero-order valence-electron chi connectivity index (χ0n) is 16.9. The van der Waals surface area contributed by atoms with E-state index in [0.717, 1.165) is 31.8 Å². The molecule has 1 aromatic heterocycles. The molecule has 1 aromatic carbocycles. The molecule has 0 bridgehead atoms. The quantitative estimate of drug-likeness (QED) is 0.674. The van der Waals surface area contributed by atoms with Crippen molar-refractivity contribution in [3.05, 3.63) is 70.4 Å². The van der Waals surface area contributed by atoms with Gasteiger partial charge in [-0.3, -0.25) is 20.1 Å². The van der Waals surface area contributed by atoms with Gasteiger partial charge in [-0.2, -0.15) is 0 Å². The van der Waals surface area contributed by atoms with Crippen molar-refractivity contribution in [3.8, 4) is 0 Å². The summed E-state index contributed by atoms with van der Waals surface area (Å²) in [6.07, 6.45) is 10.3. The van der Waals surface area contributed by atoms with E-state index in [9.17, 15) is 4.79 Å². The lowest BCUT2D eigenvalue weighted by molar-refractivity contribution is 0.102. The summed E-state index contributed by atoms with van der Waals surface area (Å²) in [6.45, 7) is 4.09. The van der Waals surface area contributed by atoms with Gasteiger partial charge >= 0.3 is 0 Å². The fourth-order valence-corrected chi connectivity index (χ4v) is 5.33. The van der Waals surface area contributed by atoms with Gasteiger partial charge in [0.25, 0.3) is 5.91 Å². The van der Waals surface area contributed by atoms with Gasteiger partial charge in [0.05, 0.1) is 11.3 Å². The largest absolute Gasteiger partial charge is 0.322 e. The Morgan fingerprint density at radius 1 is 1.21 bits per heavy atom. The van der Waals surface area contributed by atoms with Gasteiger partial charge in [-0.15, -0.1) is 0 Å². The lowest BCUT2D eigenvalue weighted by Crippen LogP contribution is -2.31. The SMILES string of the molecule is Cc1cncc(C(=O)Nc2cccc(C(C)NC3C=NC4=C(CCCC4)P3)c2)c1. The highest BCUT2D eigenvalue weighted by Gasteiger charge is 2.21. The standard InChI is InChI=1S/C23H27N4OP/c1-15-10-18(13-24-12-15)23(28)27-19-7-5-6-17(11-19)16(2)26-22-14-25-20-8-3-4-9-21(20)29-22/h5-7,10-14,16,22,26,29H,3-4,8-9H2,1-2H3,(H,27,28). The lowest BCUT2D eigenvalue weighted by Gasteiger charge is -2.28. The molecule has 3 atom stereocenters. The van der Waals surface area contributed by atoms with E-state index in [0.29, 0.717) is 11.3 Å². The minimum atomic E-state index is -0.142. The zero-order valence-corrected chi connectivity index (χ0v) is 17.9. The predicted octanol–water partition coefficient (Wildman–Crippen LogP) is 5.17. The summed E-state index contributed by atoms with van der Waals surface area (Å²) in [5.74, 6) is 0.148. The Balaban J connectivity index is 1.40. The highest BCUT2D eigenvalue weighted by molar-refractivity contribution is 7.45. The van der Waals surface area contributed by atoms with Crippen molar-refractivity contribution < 1.29 is 4.79 Å². The molecule has 1 amide bonds. The number of rotatable bonds is 5. The number of aliphatic imine (C=N–C) groups is 1. The fourth-order valence-electron chi connectivity index (χ4n) is 3.80. The van der Waals surface area contributed by atoms with E-state index in [-0.39, 0.29) is 11.9 Å². The Bertz CT molecular complexity index is 969. The van der Waals surface area contributed by atoms with Crippen LogP contribution in [0.4, 0.5) is 5.69 Å². The lowest BCUT2D eigenvalue weighted by atomic mass is 10.0. The molecule has 0 fully saturated rings. The molecule has 1 aliphatic heterocycles. The van der Waals surface area contributed by atoms with Crippen molar-refractivity contribution in [2.45, 2.75) is 51.4 Å². The number of benzene rings is 1. The smallest absolute Gasteiger partial charge is 0.257 e. The zero-order chi connectivity index (χ0) is 20.2. The number of carbonyl (C=O) groups excluding carboxylic acids is 1. The Labute approximate surface area is 173 Å². The number of amides is 1. The molecule has 0 spiro atoms. The second-order valence-electron chi connectivity index (χ2n) is 7.75. The fraction of sp³-hybridized carbons (Fsp3) is 0.348. The van der Waals surface area contributed by atoms with E-state index in [1.54, 1.807) is 17.7 Å². The molecular formula is C23H27N4OP. The average molecular weight is 406 g/mol. The molecule has 1 aliphatic carbocycles. The predicted molar refractivity (Wildman–Crippen MR) is 121 cm³/mol. The first-order valence-corrected chi connectivity index (χ1v) is 11.3. The minimum absolute atomic E-state index is 0.142. The summed E-state index contributed by atoms with van der Waals surface area (Å²) < 4.78 is 0. The van der Waals surface area contributed by atoms with E-state index >= 15 is 0 Å². The molecule has 0 saturated heterocycles. The molecule has 4 rings (SSSR count). The number of pyridine rings is 1. The maximum atomic E-state index is 12.5. The number of allylic oxidation sites excluding steroid dienone is 2. The number of aryl methyl sites for hydroxylation is 1. The van der Waals surface area contributed by atoms with Crippen molar-refractivity contribution in [3.63, 3.8) is 0 Å². The molecule has 3 unspecified atom stereocenters. The van der Waals surface area contributed by atoms with Gasteiger partial charge in [-0.25, -0.2) is 0 Å². The summed E-state index contributed by atoms with van der Waals surface area (Å²) in [6, 6.07) is 10.0. The number of aromatic nitrogens is 1. The van der Waals surface area contributed by atoms with Gasteiger partial charge in [0, 0.05) is 36.0 Å². The van der Waals surface area contributed by atoms with Gasteiger partial charge in [0.1, 0.15) is 0 Å². The third kappa shape index (κ3) is 4.98. The van der Waals surface area contributed by atoms with Crippen LogP contribution in [0.5, 0.6) is 0 Å². The molecule has 2 aromatic rings. The summed E-state index contributed by atoms with van der Waals surface area (Å²) >= 11 is 0. The van der Waals surface area contributed by atoms with E-state index < -0.39 is 0 Å². The number of anilines is 1. The van der Waals surface area contributed by atoms with Crippen LogP contribution >= 0.6 is 8.58 Å². The normalized spacial score (nSPS) is 20.4. The number of nitrogens with zero attached hydrogens (tertiary/aromatic N) is 2. The van der Waals surface area contributed by atoms with E-state index in [1.165, 1.54) is 25.0 Å². The Kier molecular flexibility index (Phi) is 6.17. The number of nitrogens with one attached hydrogen (secondary N) is 2. The number of hydrogen-bond acceptors (Lipinski definition) is 4. The van der Waals surface area contributed by atoms with Crippen LogP contribution in [-0.4, -0.2) is 22.9 Å². The highest BCUT2D eigenvalue weighted by atomic mass is 31.1. The van der Waals surface area contributed by atoms with E-state index in [2.05, 4.69) is 34.8 Å². The molecule has 0 saturated carbocycles.